The summed E-state index contributed by atoms with van der Waals surface area (Å²) >= 11 is 1.30. The highest BCUT2D eigenvalue weighted by atomic mass is 32.2. The molecule has 1 heterocycles. The number of hydrogen-bond donors (Lipinski definition) is 0. The Morgan fingerprint density at radius 2 is 1.83 bits per heavy atom. The van der Waals surface area contributed by atoms with Crippen LogP contribution in [0.3, 0.4) is 0 Å². The summed E-state index contributed by atoms with van der Waals surface area (Å²) in [4.78, 5) is 17.8. The highest BCUT2D eigenvalue weighted by Gasteiger charge is 2.22. The summed E-state index contributed by atoms with van der Waals surface area (Å²) < 4.78 is 44.2. The fourth-order valence-corrected chi connectivity index (χ4v) is 4.80. The first kappa shape index (κ1) is 21.9. The zero-order chi connectivity index (χ0) is 21.6. The minimum absolute atomic E-state index is 0.00129. The standard InChI is InChI=1S/C21H21FN2O4S2/c1-24(11-16-7-5-6-10-19(16)22)21(25)15-30(26,27)14-17-13-29-20(23-17)12-28-18-8-3-2-4-9-18/h2-10,13H,11-12,14-15H2,1H3. The zero-order valence-corrected chi connectivity index (χ0v) is 18.0. The highest BCUT2D eigenvalue weighted by Crippen LogP contribution is 2.17. The van der Waals surface area contributed by atoms with Crippen molar-refractivity contribution in [2.24, 2.45) is 0 Å². The fourth-order valence-electron chi connectivity index (χ4n) is 2.69. The first-order chi connectivity index (χ1) is 14.3. The number of ether oxygens (including phenoxy) is 1. The average molecular weight is 449 g/mol. The van der Waals surface area contributed by atoms with Gasteiger partial charge in [0.25, 0.3) is 0 Å². The number of sulfone groups is 1. The van der Waals surface area contributed by atoms with Crippen molar-refractivity contribution in [2.45, 2.75) is 18.9 Å². The van der Waals surface area contributed by atoms with E-state index in [2.05, 4.69) is 4.98 Å². The third kappa shape index (κ3) is 6.36. The summed E-state index contributed by atoms with van der Waals surface area (Å²) in [6, 6.07) is 15.3. The predicted octanol–water partition coefficient (Wildman–Crippen LogP) is 3.43. The molecule has 6 nitrogen and oxygen atoms in total. The van der Waals surface area contributed by atoms with Crippen molar-refractivity contribution < 1.29 is 22.3 Å². The summed E-state index contributed by atoms with van der Waals surface area (Å²) in [7, 11) is -2.27. The van der Waals surface area contributed by atoms with E-state index in [0.29, 0.717) is 22.0 Å². The summed E-state index contributed by atoms with van der Waals surface area (Å²) in [6.07, 6.45) is 0. The Labute approximate surface area is 178 Å². The van der Waals surface area contributed by atoms with Gasteiger partial charge < -0.3 is 9.64 Å². The molecule has 0 N–H and O–H groups in total. The Bertz CT molecular complexity index is 1100. The second-order valence-corrected chi connectivity index (χ2v) is 9.71. The molecule has 0 atom stereocenters. The molecule has 1 aromatic heterocycles. The van der Waals surface area contributed by atoms with E-state index in [4.69, 9.17) is 4.74 Å². The van der Waals surface area contributed by atoms with Gasteiger partial charge in [0.1, 0.15) is 28.9 Å². The molecule has 0 saturated carbocycles. The summed E-state index contributed by atoms with van der Waals surface area (Å²) in [5, 5.41) is 2.29. The number of hydrogen-bond acceptors (Lipinski definition) is 6. The van der Waals surface area contributed by atoms with Gasteiger partial charge in [0.05, 0.1) is 11.4 Å². The Hall–Kier alpha value is -2.78. The largest absolute Gasteiger partial charge is 0.486 e. The molecule has 3 rings (SSSR count). The molecule has 0 saturated heterocycles. The number of carbonyl (C=O) groups excluding carboxylic acids is 1. The fraction of sp³-hybridized carbons (Fsp3) is 0.238. The molecule has 158 valence electrons. The Morgan fingerprint density at radius 3 is 2.57 bits per heavy atom. The maximum absolute atomic E-state index is 13.7. The van der Waals surface area contributed by atoms with Gasteiger partial charge in [-0.25, -0.2) is 17.8 Å². The minimum atomic E-state index is -3.72. The van der Waals surface area contributed by atoms with Gasteiger partial charge in [0.15, 0.2) is 9.84 Å². The topological polar surface area (TPSA) is 76.6 Å². The number of benzene rings is 2. The van der Waals surface area contributed by atoms with Crippen molar-refractivity contribution in [3.05, 3.63) is 82.1 Å². The smallest absolute Gasteiger partial charge is 0.237 e. The molecule has 0 bridgehead atoms. The number of carbonyl (C=O) groups is 1. The van der Waals surface area contributed by atoms with Gasteiger partial charge in [-0.05, 0) is 18.2 Å². The third-order valence-electron chi connectivity index (χ3n) is 4.21. The molecule has 30 heavy (non-hydrogen) atoms. The van der Waals surface area contributed by atoms with E-state index in [-0.39, 0.29) is 18.9 Å². The second kappa shape index (κ2) is 9.82. The zero-order valence-electron chi connectivity index (χ0n) is 16.3. The minimum Gasteiger partial charge on any atom is -0.486 e. The molecular weight excluding hydrogens is 427 g/mol. The molecular formula is C21H21FN2O4S2. The van der Waals surface area contributed by atoms with Crippen LogP contribution in [0, 0.1) is 5.82 Å². The van der Waals surface area contributed by atoms with Crippen LogP contribution in [0.15, 0.2) is 60.0 Å². The van der Waals surface area contributed by atoms with Gasteiger partial charge >= 0.3 is 0 Å². The van der Waals surface area contributed by atoms with Gasteiger partial charge in [-0.2, -0.15) is 0 Å². The lowest BCUT2D eigenvalue weighted by atomic mass is 10.2. The van der Waals surface area contributed by atoms with Crippen molar-refractivity contribution in [3.8, 4) is 5.75 Å². The van der Waals surface area contributed by atoms with Crippen LogP contribution in [-0.2, 0) is 33.5 Å². The van der Waals surface area contributed by atoms with Crippen LogP contribution in [0.5, 0.6) is 5.75 Å². The third-order valence-corrected chi connectivity index (χ3v) is 6.50. The first-order valence-electron chi connectivity index (χ1n) is 9.11. The molecule has 0 spiro atoms. The van der Waals surface area contributed by atoms with Crippen molar-refractivity contribution in [3.63, 3.8) is 0 Å². The molecule has 0 aliphatic carbocycles. The second-order valence-electron chi connectivity index (χ2n) is 6.71. The number of halogens is 1. The average Bonchev–Trinajstić information content (AvgIpc) is 3.15. The Kier molecular flexibility index (Phi) is 7.17. The van der Waals surface area contributed by atoms with Crippen LogP contribution < -0.4 is 4.74 Å². The molecule has 0 aliphatic rings. The van der Waals surface area contributed by atoms with Crippen LogP contribution in [0.2, 0.25) is 0 Å². The Morgan fingerprint density at radius 1 is 1.13 bits per heavy atom. The number of thiazole rings is 1. The lowest BCUT2D eigenvalue weighted by Crippen LogP contribution is -2.32. The first-order valence-corrected chi connectivity index (χ1v) is 11.8. The summed E-state index contributed by atoms with van der Waals surface area (Å²) in [5.74, 6) is -1.33. The highest BCUT2D eigenvalue weighted by molar-refractivity contribution is 7.91. The van der Waals surface area contributed by atoms with Crippen molar-refractivity contribution in [2.75, 3.05) is 12.8 Å². The van der Waals surface area contributed by atoms with Crippen LogP contribution >= 0.6 is 11.3 Å². The van der Waals surface area contributed by atoms with E-state index in [0.717, 1.165) is 0 Å². The lowest BCUT2D eigenvalue weighted by Gasteiger charge is -2.17. The molecule has 1 amide bonds. The van der Waals surface area contributed by atoms with E-state index >= 15 is 0 Å². The van der Waals surface area contributed by atoms with Gasteiger partial charge in [-0.15, -0.1) is 11.3 Å². The van der Waals surface area contributed by atoms with Gasteiger partial charge in [-0.3, -0.25) is 4.79 Å². The number of amides is 1. The van der Waals surface area contributed by atoms with Crippen LogP contribution in [0.4, 0.5) is 4.39 Å². The molecule has 2 aromatic carbocycles. The normalized spacial score (nSPS) is 11.3. The van der Waals surface area contributed by atoms with E-state index in [1.807, 2.05) is 30.3 Å². The maximum atomic E-state index is 13.7. The maximum Gasteiger partial charge on any atom is 0.237 e. The van der Waals surface area contributed by atoms with Gasteiger partial charge in [0.2, 0.25) is 5.91 Å². The van der Waals surface area contributed by atoms with E-state index in [1.165, 1.54) is 29.4 Å². The van der Waals surface area contributed by atoms with Crippen molar-refractivity contribution >= 4 is 27.1 Å². The lowest BCUT2D eigenvalue weighted by molar-refractivity contribution is -0.127. The van der Waals surface area contributed by atoms with Crippen LogP contribution in [0.1, 0.15) is 16.3 Å². The van der Waals surface area contributed by atoms with E-state index < -0.39 is 27.3 Å². The molecule has 0 aliphatic heterocycles. The van der Waals surface area contributed by atoms with Crippen molar-refractivity contribution in [1.82, 2.24) is 9.88 Å². The molecule has 3 aromatic rings. The predicted molar refractivity (Wildman–Crippen MR) is 113 cm³/mol. The van der Waals surface area contributed by atoms with E-state index in [1.54, 1.807) is 23.6 Å². The molecule has 9 heteroatoms. The number of nitrogens with zero attached hydrogens (tertiary/aromatic N) is 2. The van der Waals surface area contributed by atoms with Gasteiger partial charge in [-0.1, -0.05) is 36.4 Å². The number of para-hydroxylation sites is 1. The number of rotatable bonds is 9. The number of aromatic nitrogens is 1. The Balaban J connectivity index is 1.54. The van der Waals surface area contributed by atoms with E-state index in [9.17, 15) is 17.6 Å². The van der Waals surface area contributed by atoms with Crippen LogP contribution in [0.25, 0.3) is 0 Å². The summed E-state index contributed by atoms with van der Waals surface area (Å²) in [6.45, 7) is 0.234. The quantitative estimate of drug-likeness (QED) is 0.501. The SMILES string of the molecule is CN(Cc1ccccc1F)C(=O)CS(=O)(=O)Cc1csc(COc2ccccc2)n1. The molecule has 0 fully saturated rings. The molecule has 0 radical (unpaired) electrons. The summed E-state index contributed by atoms with van der Waals surface area (Å²) in [5.41, 5.74) is 0.699. The van der Waals surface area contributed by atoms with Crippen molar-refractivity contribution in [1.29, 1.82) is 0 Å². The molecule has 0 unspecified atom stereocenters. The van der Waals surface area contributed by atoms with Gasteiger partial charge in [0, 0.05) is 24.5 Å². The monoisotopic (exact) mass is 448 g/mol. The van der Waals surface area contributed by atoms with Crippen LogP contribution in [-0.4, -0.2) is 37.0 Å².